The number of aliphatic hydroxyl groups is 2. The molecule has 0 fully saturated rings. The van der Waals surface area contributed by atoms with Crippen LogP contribution in [0.2, 0.25) is 0 Å². The van der Waals surface area contributed by atoms with Crippen LogP contribution in [0.1, 0.15) is 29.7 Å². The Labute approximate surface area is 144 Å². The molecule has 0 bridgehead atoms. The first kappa shape index (κ1) is 18.6. The Morgan fingerprint density at radius 2 is 1.62 bits per heavy atom. The lowest BCUT2D eigenvalue weighted by Gasteiger charge is -2.23. The fourth-order valence-electron chi connectivity index (χ4n) is 2.60. The Balaban J connectivity index is 2.04. The summed E-state index contributed by atoms with van der Waals surface area (Å²) in [6.45, 7) is 4.84. The summed E-state index contributed by atoms with van der Waals surface area (Å²) >= 11 is 0. The van der Waals surface area contributed by atoms with Gasteiger partial charge in [-0.25, -0.2) is 0 Å². The molecule has 2 aromatic carbocycles. The van der Waals surface area contributed by atoms with E-state index >= 15 is 0 Å². The highest BCUT2D eigenvalue weighted by Crippen LogP contribution is 2.28. The van der Waals surface area contributed by atoms with Crippen LogP contribution in [0.25, 0.3) is 0 Å². The number of nitrogens with one attached hydrogen (secondary N) is 1. The second kappa shape index (κ2) is 9.55. The maximum Gasteiger partial charge on any atom is 0.108 e. The second-order valence-corrected chi connectivity index (χ2v) is 6.14. The van der Waals surface area contributed by atoms with Crippen molar-refractivity contribution in [3.63, 3.8) is 0 Å². The number of aryl methyl sites for hydroxylation is 1. The minimum absolute atomic E-state index is 0.209. The van der Waals surface area contributed by atoms with Crippen LogP contribution in [-0.2, 0) is 4.74 Å². The van der Waals surface area contributed by atoms with Gasteiger partial charge in [0.15, 0.2) is 0 Å². The van der Waals surface area contributed by atoms with Gasteiger partial charge in [-0.2, -0.15) is 0 Å². The Bertz CT molecular complexity index is 601. The number of benzene rings is 2. The first-order valence-corrected chi connectivity index (χ1v) is 8.37. The molecule has 0 aliphatic heterocycles. The highest BCUT2D eigenvalue weighted by atomic mass is 16.5. The molecule has 130 valence electrons. The van der Waals surface area contributed by atoms with Crippen LogP contribution in [0, 0.1) is 6.92 Å². The predicted molar refractivity (Wildman–Crippen MR) is 96.0 cm³/mol. The molecule has 0 aliphatic rings. The van der Waals surface area contributed by atoms with Crippen LogP contribution in [0.3, 0.4) is 0 Å². The van der Waals surface area contributed by atoms with E-state index in [0.29, 0.717) is 13.1 Å². The molecule has 3 N–H and O–H groups in total. The standard InChI is InChI=1S/C20H27NO3/c1-15-8-6-7-11-19(15)20(17-9-4-3-5-10-17)24-14-18(23)13-21-12-16(2)22/h3-11,16,18,20-23H,12-14H2,1-2H3/t16-,18+,20+/m0/s1. The molecule has 4 heteroatoms. The molecule has 0 radical (unpaired) electrons. The molecule has 0 amide bonds. The van der Waals surface area contributed by atoms with Crippen molar-refractivity contribution in [2.24, 2.45) is 0 Å². The molecule has 2 aromatic rings. The highest BCUT2D eigenvalue weighted by Gasteiger charge is 2.18. The van der Waals surface area contributed by atoms with Gasteiger partial charge in [-0.1, -0.05) is 54.6 Å². The monoisotopic (exact) mass is 329 g/mol. The van der Waals surface area contributed by atoms with Gasteiger partial charge in [-0.3, -0.25) is 0 Å². The first-order valence-electron chi connectivity index (χ1n) is 8.37. The summed E-state index contributed by atoms with van der Waals surface area (Å²) in [6, 6.07) is 18.2. The highest BCUT2D eigenvalue weighted by molar-refractivity contribution is 5.35. The lowest BCUT2D eigenvalue weighted by molar-refractivity contribution is 0.00556. The molecular formula is C20H27NO3. The van der Waals surface area contributed by atoms with E-state index in [1.165, 1.54) is 0 Å². The number of hydrogen-bond acceptors (Lipinski definition) is 4. The number of aliphatic hydroxyl groups excluding tert-OH is 2. The lowest BCUT2D eigenvalue weighted by Crippen LogP contribution is -2.34. The second-order valence-electron chi connectivity index (χ2n) is 6.14. The van der Waals surface area contributed by atoms with Crippen molar-refractivity contribution in [1.29, 1.82) is 0 Å². The topological polar surface area (TPSA) is 61.7 Å². The van der Waals surface area contributed by atoms with Crippen molar-refractivity contribution >= 4 is 0 Å². The number of hydrogen-bond donors (Lipinski definition) is 3. The summed E-state index contributed by atoms with van der Waals surface area (Å²) in [7, 11) is 0. The van der Waals surface area contributed by atoms with Crippen LogP contribution in [0.5, 0.6) is 0 Å². The molecule has 0 aliphatic carbocycles. The molecule has 0 saturated carbocycles. The summed E-state index contributed by atoms with van der Waals surface area (Å²) in [6.07, 6.45) is -1.26. The Hall–Kier alpha value is -1.72. The average Bonchev–Trinajstić information content (AvgIpc) is 2.57. The van der Waals surface area contributed by atoms with E-state index < -0.39 is 12.2 Å². The average molecular weight is 329 g/mol. The minimum Gasteiger partial charge on any atom is -0.392 e. The summed E-state index contributed by atoms with van der Waals surface area (Å²) in [4.78, 5) is 0. The van der Waals surface area contributed by atoms with Crippen LogP contribution in [0.15, 0.2) is 54.6 Å². The van der Waals surface area contributed by atoms with Gasteiger partial charge >= 0.3 is 0 Å². The van der Waals surface area contributed by atoms with E-state index in [9.17, 15) is 10.2 Å². The van der Waals surface area contributed by atoms with Gasteiger partial charge in [0, 0.05) is 13.1 Å². The Kier molecular flexibility index (Phi) is 7.40. The fourth-order valence-corrected chi connectivity index (χ4v) is 2.60. The summed E-state index contributed by atoms with van der Waals surface area (Å²) < 4.78 is 6.06. The molecule has 3 atom stereocenters. The van der Waals surface area contributed by atoms with E-state index in [4.69, 9.17) is 4.74 Å². The van der Waals surface area contributed by atoms with Gasteiger partial charge in [0.25, 0.3) is 0 Å². The predicted octanol–water partition coefficient (Wildman–Crippen LogP) is 2.43. The van der Waals surface area contributed by atoms with E-state index in [1.54, 1.807) is 6.92 Å². The third-order valence-electron chi connectivity index (χ3n) is 3.85. The summed E-state index contributed by atoms with van der Waals surface area (Å²) in [5.41, 5.74) is 3.33. The molecule has 0 heterocycles. The van der Waals surface area contributed by atoms with Crippen LogP contribution >= 0.6 is 0 Å². The molecular weight excluding hydrogens is 302 g/mol. The van der Waals surface area contributed by atoms with E-state index in [2.05, 4.69) is 24.4 Å². The van der Waals surface area contributed by atoms with Gasteiger partial charge < -0.3 is 20.3 Å². The quantitative estimate of drug-likeness (QED) is 0.661. The maximum absolute atomic E-state index is 10.1. The van der Waals surface area contributed by atoms with Gasteiger partial charge in [0.05, 0.1) is 18.8 Å². The minimum atomic E-state index is -0.626. The zero-order chi connectivity index (χ0) is 17.4. The van der Waals surface area contributed by atoms with Crippen LogP contribution < -0.4 is 5.32 Å². The maximum atomic E-state index is 10.1. The lowest BCUT2D eigenvalue weighted by atomic mass is 9.97. The molecule has 0 unspecified atom stereocenters. The largest absolute Gasteiger partial charge is 0.392 e. The normalized spacial score (nSPS) is 15.0. The number of rotatable bonds is 9. The van der Waals surface area contributed by atoms with Gasteiger partial charge in [-0.05, 0) is 30.5 Å². The molecule has 0 aromatic heterocycles. The van der Waals surface area contributed by atoms with Crippen molar-refractivity contribution in [3.8, 4) is 0 Å². The summed E-state index contributed by atoms with van der Waals surface area (Å²) in [5.74, 6) is 0. The van der Waals surface area contributed by atoms with Crippen molar-refractivity contribution in [2.45, 2.75) is 32.2 Å². The fraction of sp³-hybridized carbons (Fsp3) is 0.400. The summed E-state index contributed by atoms with van der Waals surface area (Å²) in [5, 5.41) is 22.4. The van der Waals surface area contributed by atoms with Crippen molar-refractivity contribution < 1.29 is 14.9 Å². The molecule has 2 rings (SSSR count). The third kappa shape index (κ3) is 5.73. The van der Waals surface area contributed by atoms with E-state index in [0.717, 1.165) is 16.7 Å². The smallest absolute Gasteiger partial charge is 0.108 e. The molecule has 4 nitrogen and oxygen atoms in total. The van der Waals surface area contributed by atoms with E-state index in [-0.39, 0.29) is 12.7 Å². The SMILES string of the molecule is Cc1ccccc1[C@H](OC[C@H](O)CNC[C@H](C)O)c1ccccc1. The van der Waals surface area contributed by atoms with Gasteiger partial charge in [0.1, 0.15) is 6.10 Å². The van der Waals surface area contributed by atoms with Crippen molar-refractivity contribution in [1.82, 2.24) is 5.32 Å². The Morgan fingerprint density at radius 1 is 0.958 bits per heavy atom. The molecule has 0 spiro atoms. The molecule has 0 saturated heterocycles. The van der Waals surface area contributed by atoms with Crippen molar-refractivity contribution in [2.75, 3.05) is 19.7 Å². The van der Waals surface area contributed by atoms with Crippen molar-refractivity contribution in [3.05, 3.63) is 71.3 Å². The zero-order valence-corrected chi connectivity index (χ0v) is 14.4. The van der Waals surface area contributed by atoms with Gasteiger partial charge in [-0.15, -0.1) is 0 Å². The van der Waals surface area contributed by atoms with E-state index in [1.807, 2.05) is 42.5 Å². The third-order valence-corrected chi connectivity index (χ3v) is 3.85. The van der Waals surface area contributed by atoms with Crippen LogP contribution in [0.4, 0.5) is 0 Å². The van der Waals surface area contributed by atoms with Crippen LogP contribution in [-0.4, -0.2) is 42.1 Å². The number of ether oxygens (including phenoxy) is 1. The first-order chi connectivity index (χ1) is 11.6. The Morgan fingerprint density at radius 3 is 2.29 bits per heavy atom. The zero-order valence-electron chi connectivity index (χ0n) is 14.4. The van der Waals surface area contributed by atoms with Gasteiger partial charge in [0.2, 0.25) is 0 Å². The molecule has 24 heavy (non-hydrogen) atoms.